The van der Waals surface area contributed by atoms with Crippen LogP contribution in [0.15, 0.2) is 18.2 Å². The van der Waals surface area contributed by atoms with Crippen LogP contribution in [0.3, 0.4) is 0 Å². The van der Waals surface area contributed by atoms with Crippen molar-refractivity contribution in [3.8, 4) is 0 Å². The van der Waals surface area contributed by atoms with Gasteiger partial charge >= 0.3 is 0 Å². The van der Waals surface area contributed by atoms with E-state index in [1.165, 1.54) is 19.2 Å². The predicted octanol–water partition coefficient (Wildman–Crippen LogP) is 2.74. The van der Waals surface area contributed by atoms with E-state index >= 15 is 0 Å². The summed E-state index contributed by atoms with van der Waals surface area (Å²) >= 11 is 0. The molecule has 0 radical (unpaired) electrons. The molecule has 0 amide bonds. The van der Waals surface area contributed by atoms with Crippen LogP contribution in [0.1, 0.15) is 28.8 Å². The molecule has 16 heavy (non-hydrogen) atoms. The van der Waals surface area contributed by atoms with Crippen molar-refractivity contribution in [1.82, 2.24) is 0 Å². The molecule has 0 N–H and O–H groups in total. The van der Waals surface area contributed by atoms with E-state index in [9.17, 15) is 9.18 Å². The normalized spacial score (nSPS) is 17.2. The largest absolute Gasteiger partial charge is 0.373 e. The van der Waals surface area contributed by atoms with E-state index in [2.05, 4.69) is 0 Å². The number of methoxy groups -OCH3 is 1. The SMILES string of the molecule is COC(C(=O)c1cc(C)cc(F)c1)C1CC1. The number of halogens is 1. The van der Waals surface area contributed by atoms with Crippen molar-refractivity contribution in [2.24, 2.45) is 5.92 Å². The molecular weight excluding hydrogens is 207 g/mol. The molecular formula is C13H15FO2. The molecule has 1 aliphatic rings. The standard InChI is InChI=1S/C13H15FO2/c1-8-5-10(7-11(14)6-8)12(15)13(16-2)9-3-4-9/h5-7,9,13H,3-4H2,1-2H3. The molecule has 1 saturated carbocycles. The molecule has 0 heterocycles. The van der Waals surface area contributed by atoms with Crippen molar-refractivity contribution in [3.05, 3.63) is 35.1 Å². The number of benzene rings is 1. The summed E-state index contributed by atoms with van der Waals surface area (Å²) in [6.45, 7) is 1.78. The van der Waals surface area contributed by atoms with Crippen LogP contribution < -0.4 is 0 Å². The maximum atomic E-state index is 13.2. The fraction of sp³-hybridized carbons (Fsp3) is 0.462. The molecule has 0 aliphatic heterocycles. The number of rotatable bonds is 4. The Balaban J connectivity index is 2.24. The summed E-state index contributed by atoms with van der Waals surface area (Å²) in [5.74, 6) is -0.150. The van der Waals surface area contributed by atoms with Gasteiger partial charge in [0, 0.05) is 12.7 Å². The fourth-order valence-corrected chi connectivity index (χ4v) is 1.96. The number of aryl methyl sites for hydroxylation is 1. The molecule has 86 valence electrons. The van der Waals surface area contributed by atoms with Crippen LogP contribution >= 0.6 is 0 Å². The molecule has 2 nitrogen and oxygen atoms in total. The van der Waals surface area contributed by atoms with Crippen LogP contribution in [0.4, 0.5) is 4.39 Å². The van der Waals surface area contributed by atoms with E-state index in [4.69, 9.17) is 4.74 Å². The predicted molar refractivity (Wildman–Crippen MR) is 59.0 cm³/mol. The Hall–Kier alpha value is -1.22. The highest BCUT2D eigenvalue weighted by Crippen LogP contribution is 2.35. The Kier molecular flexibility index (Phi) is 3.06. The van der Waals surface area contributed by atoms with Gasteiger partial charge in [-0.25, -0.2) is 4.39 Å². The van der Waals surface area contributed by atoms with Gasteiger partial charge in [-0.3, -0.25) is 4.79 Å². The molecule has 1 aromatic carbocycles. The summed E-state index contributed by atoms with van der Waals surface area (Å²) in [4.78, 5) is 12.1. The van der Waals surface area contributed by atoms with Gasteiger partial charge in [-0.1, -0.05) is 0 Å². The lowest BCUT2D eigenvalue weighted by molar-refractivity contribution is 0.0539. The van der Waals surface area contributed by atoms with E-state index < -0.39 is 6.10 Å². The molecule has 0 saturated heterocycles. The average Bonchev–Trinajstić information content (AvgIpc) is 3.01. The number of hydrogen-bond acceptors (Lipinski definition) is 2. The Bertz CT molecular complexity index is 390. The van der Waals surface area contributed by atoms with E-state index in [1.54, 1.807) is 13.0 Å². The summed E-state index contributed by atoms with van der Waals surface area (Å²) in [6.07, 6.45) is 1.65. The van der Waals surface area contributed by atoms with E-state index in [0.717, 1.165) is 18.4 Å². The second-order valence-corrected chi connectivity index (χ2v) is 4.38. The highest BCUT2D eigenvalue weighted by Gasteiger charge is 2.36. The molecule has 1 aromatic rings. The van der Waals surface area contributed by atoms with Gasteiger partial charge < -0.3 is 4.74 Å². The average molecular weight is 222 g/mol. The first-order valence-electron chi connectivity index (χ1n) is 5.46. The Morgan fingerprint density at radius 2 is 2.12 bits per heavy atom. The molecule has 0 bridgehead atoms. The third-order valence-electron chi connectivity index (χ3n) is 2.89. The van der Waals surface area contributed by atoms with Crippen molar-refractivity contribution in [3.63, 3.8) is 0 Å². The maximum absolute atomic E-state index is 13.2. The zero-order chi connectivity index (χ0) is 11.7. The van der Waals surface area contributed by atoms with Crippen molar-refractivity contribution in [2.75, 3.05) is 7.11 Å². The van der Waals surface area contributed by atoms with Crippen LogP contribution in [-0.4, -0.2) is 19.0 Å². The third kappa shape index (κ3) is 2.30. The van der Waals surface area contributed by atoms with Crippen LogP contribution in [0.25, 0.3) is 0 Å². The van der Waals surface area contributed by atoms with Crippen LogP contribution in [0.2, 0.25) is 0 Å². The fourth-order valence-electron chi connectivity index (χ4n) is 1.96. The molecule has 0 aromatic heterocycles. The lowest BCUT2D eigenvalue weighted by Crippen LogP contribution is -2.25. The second kappa shape index (κ2) is 4.34. The molecule has 1 aliphatic carbocycles. The minimum absolute atomic E-state index is 0.104. The van der Waals surface area contributed by atoms with Gasteiger partial charge in [0.25, 0.3) is 0 Å². The van der Waals surface area contributed by atoms with Crippen molar-refractivity contribution in [2.45, 2.75) is 25.9 Å². The summed E-state index contributed by atoms with van der Waals surface area (Å²) in [6, 6.07) is 4.40. The van der Waals surface area contributed by atoms with Gasteiger partial charge in [0.05, 0.1) is 0 Å². The Morgan fingerprint density at radius 3 is 2.62 bits per heavy atom. The molecule has 1 unspecified atom stereocenters. The summed E-state index contributed by atoms with van der Waals surface area (Å²) in [7, 11) is 1.53. The first kappa shape index (κ1) is 11.3. The zero-order valence-corrected chi connectivity index (χ0v) is 9.50. The van der Waals surface area contributed by atoms with Gasteiger partial charge in [-0.2, -0.15) is 0 Å². The molecule has 3 heteroatoms. The van der Waals surface area contributed by atoms with Crippen molar-refractivity contribution >= 4 is 5.78 Å². The van der Waals surface area contributed by atoms with Crippen molar-refractivity contribution < 1.29 is 13.9 Å². The van der Waals surface area contributed by atoms with Gasteiger partial charge in [-0.05, 0) is 49.4 Å². The molecule has 1 atom stereocenters. The number of ether oxygens (including phenoxy) is 1. The van der Waals surface area contributed by atoms with E-state index in [1.807, 2.05) is 0 Å². The summed E-state index contributed by atoms with van der Waals surface area (Å²) in [5, 5.41) is 0. The summed E-state index contributed by atoms with van der Waals surface area (Å²) < 4.78 is 18.4. The monoisotopic (exact) mass is 222 g/mol. The first-order valence-corrected chi connectivity index (χ1v) is 5.46. The number of Topliss-reactive ketones (excluding diaryl/α,β-unsaturated/α-hetero) is 1. The van der Waals surface area contributed by atoms with Gasteiger partial charge in [0.1, 0.15) is 11.9 Å². The lowest BCUT2D eigenvalue weighted by atomic mass is 10.0. The van der Waals surface area contributed by atoms with Crippen LogP contribution in [-0.2, 0) is 4.74 Å². The smallest absolute Gasteiger partial charge is 0.191 e. The second-order valence-electron chi connectivity index (χ2n) is 4.38. The number of hydrogen-bond donors (Lipinski definition) is 0. The van der Waals surface area contributed by atoms with Crippen LogP contribution in [0.5, 0.6) is 0 Å². The Morgan fingerprint density at radius 1 is 1.44 bits per heavy atom. The number of carbonyl (C=O) groups excluding carboxylic acids is 1. The Labute approximate surface area is 94.4 Å². The highest BCUT2D eigenvalue weighted by atomic mass is 19.1. The topological polar surface area (TPSA) is 26.3 Å². The van der Waals surface area contributed by atoms with Gasteiger partial charge in [0.15, 0.2) is 5.78 Å². The minimum Gasteiger partial charge on any atom is -0.373 e. The van der Waals surface area contributed by atoms with E-state index in [0.29, 0.717) is 11.5 Å². The van der Waals surface area contributed by atoms with Gasteiger partial charge in [-0.15, -0.1) is 0 Å². The molecule has 2 rings (SSSR count). The zero-order valence-electron chi connectivity index (χ0n) is 9.50. The van der Waals surface area contributed by atoms with E-state index in [-0.39, 0.29) is 11.6 Å². The first-order chi connectivity index (χ1) is 7.61. The lowest BCUT2D eigenvalue weighted by Gasteiger charge is -2.13. The maximum Gasteiger partial charge on any atom is 0.191 e. The van der Waals surface area contributed by atoms with Crippen LogP contribution in [0, 0.1) is 18.7 Å². The summed E-state index contributed by atoms with van der Waals surface area (Å²) in [5.41, 5.74) is 1.17. The number of ketones is 1. The van der Waals surface area contributed by atoms with Crippen molar-refractivity contribution in [1.29, 1.82) is 0 Å². The number of carbonyl (C=O) groups is 1. The molecule has 0 spiro atoms. The third-order valence-corrected chi connectivity index (χ3v) is 2.89. The van der Waals surface area contributed by atoms with Gasteiger partial charge in [0.2, 0.25) is 0 Å². The molecule has 1 fully saturated rings. The quantitative estimate of drug-likeness (QED) is 0.732. The minimum atomic E-state index is -0.402. The highest BCUT2D eigenvalue weighted by molar-refractivity contribution is 6.00.